The highest BCUT2D eigenvalue weighted by molar-refractivity contribution is 5.43. The van der Waals surface area contributed by atoms with E-state index in [1.165, 1.54) is 5.56 Å². The van der Waals surface area contributed by atoms with Crippen LogP contribution in [0, 0.1) is 25.2 Å². The Hall–Kier alpha value is -2.52. The number of nitrogens with zero attached hydrogens (tertiary/aromatic N) is 2. The SMILES string of the molecule is COc1ccc(CNCCc2c(C)noc2C)cc1OCCCC#N. The molecule has 1 aromatic heterocycles. The molecule has 0 saturated carbocycles. The highest BCUT2D eigenvalue weighted by Crippen LogP contribution is 2.28. The first-order chi connectivity index (χ1) is 12.2. The second-order valence-electron chi connectivity index (χ2n) is 5.82. The van der Waals surface area contributed by atoms with Crippen LogP contribution in [0.15, 0.2) is 22.7 Å². The molecule has 0 unspecified atom stereocenters. The van der Waals surface area contributed by atoms with E-state index in [9.17, 15) is 0 Å². The fourth-order valence-electron chi connectivity index (χ4n) is 2.58. The number of aromatic nitrogens is 1. The van der Waals surface area contributed by atoms with Crippen molar-refractivity contribution in [2.75, 3.05) is 20.3 Å². The van der Waals surface area contributed by atoms with E-state index in [4.69, 9.17) is 19.3 Å². The van der Waals surface area contributed by atoms with Gasteiger partial charge in [-0.15, -0.1) is 0 Å². The lowest BCUT2D eigenvalue weighted by Gasteiger charge is -2.12. The first-order valence-electron chi connectivity index (χ1n) is 8.44. The molecule has 6 nitrogen and oxygen atoms in total. The third-order valence-corrected chi connectivity index (χ3v) is 3.98. The zero-order chi connectivity index (χ0) is 18.1. The number of ether oxygens (including phenoxy) is 2. The van der Waals surface area contributed by atoms with Crippen LogP contribution in [-0.4, -0.2) is 25.4 Å². The van der Waals surface area contributed by atoms with Gasteiger partial charge in [0, 0.05) is 18.5 Å². The van der Waals surface area contributed by atoms with Gasteiger partial charge in [0.1, 0.15) is 5.76 Å². The van der Waals surface area contributed by atoms with E-state index in [2.05, 4.69) is 16.5 Å². The van der Waals surface area contributed by atoms with Gasteiger partial charge >= 0.3 is 0 Å². The number of nitriles is 1. The fraction of sp³-hybridized carbons (Fsp3) is 0.474. The number of nitrogens with one attached hydrogen (secondary N) is 1. The van der Waals surface area contributed by atoms with Crippen molar-refractivity contribution in [1.82, 2.24) is 10.5 Å². The van der Waals surface area contributed by atoms with Crippen LogP contribution in [0.3, 0.4) is 0 Å². The Labute approximate surface area is 148 Å². The van der Waals surface area contributed by atoms with Gasteiger partial charge in [0.2, 0.25) is 0 Å². The van der Waals surface area contributed by atoms with E-state index in [0.29, 0.717) is 30.9 Å². The lowest BCUT2D eigenvalue weighted by Crippen LogP contribution is -2.17. The average Bonchev–Trinajstić information content (AvgIpc) is 2.94. The van der Waals surface area contributed by atoms with Crippen LogP contribution in [0.5, 0.6) is 11.5 Å². The van der Waals surface area contributed by atoms with Crippen molar-refractivity contribution in [2.24, 2.45) is 0 Å². The van der Waals surface area contributed by atoms with Crippen LogP contribution < -0.4 is 14.8 Å². The van der Waals surface area contributed by atoms with E-state index < -0.39 is 0 Å². The maximum absolute atomic E-state index is 8.58. The number of methoxy groups -OCH3 is 1. The van der Waals surface area contributed by atoms with Crippen molar-refractivity contribution in [3.63, 3.8) is 0 Å². The number of unbranched alkanes of at least 4 members (excludes halogenated alkanes) is 1. The average molecular weight is 343 g/mol. The molecule has 1 aromatic carbocycles. The van der Waals surface area contributed by atoms with E-state index in [1.54, 1.807) is 7.11 Å². The highest BCUT2D eigenvalue weighted by Gasteiger charge is 2.09. The van der Waals surface area contributed by atoms with Gasteiger partial charge in [-0.2, -0.15) is 5.26 Å². The quantitative estimate of drug-likeness (QED) is 0.667. The maximum Gasteiger partial charge on any atom is 0.161 e. The molecule has 6 heteroatoms. The second kappa shape index (κ2) is 9.70. The number of hydrogen-bond donors (Lipinski definition) is 1. The van der Waals surface area contributed by atoms with Crippen LogP contribution >= 0.6 is 0 Å². The summed E-state index contributed by atoms with van der Waals surface area (Å²) in [4.78, 5) is 0. The molecule has 0 aliphatic heterocycles. The molecule has 0 atom stereocenters. The van der Waals surface area contributed by atoms with Crippen LogP contribution in [0.25, 0.3) is 0 Å². The van der Waals surface area contributed by atoms with E-state index in [-0.39, 0.29) is 0 Å². The van der Waals surface area contributed by atoms with Gasteiger partial charge in [-0.25, -0.2) is 0 Å². The van der Waals surface area contributed by atoms with E-state index in [0.717, 1.165) is 36.5 Å². The van der Waals surface area contributed by atoms with Crippen molar-refractivity contribution >= 4 is 0 Å². The van der Waals surface area contributed by atoms with Gasteiger partial charge in [0.25, 0.3) is 0 Å². The molecule has 0 spiro atoms. The zero-order valence-corrected chi connectivity index (χ0v) is 15.1. The first-order valence-corrected chi connectivity index (χ1v) is 8.44. The summed E-state index contributed by atoms with van der Waals surface area (Å²) in [6.45, 7) is 5.99. The van der Waals surface area contributed by atoms with Crippen molar-refractivity contribution < 1.29 is 14.0 Å². The molecule has 2 aromatic rings. The minimum Gasteiger partial charge on any atom is -0.493 e. The third kappa shape index (κ3) is 5.50. The summed E-state index contributed by atoms with van der Waals surface area (Å²) in [7, 11) is 1.62. The molecule has 1 N–H and O–H groups in total. The lowest BCUT2D eigenvalue weighted by atomic mass is 10.1. The van der Waals surface area contributed by atoms with Gasteiger partial charge < -0.3 is 19.3 Å². The van der Waals surface area contributed by atoms with Gasteiger partial charge in [-0.3, -0.25) is 0 Å². The second-order valence-corrected chi connectivity index (χ2v) is 5.82. The van der Waals surface area contributed by atoms with Crippen molar-refractivity contribution in [1.29, 1.82) is 5.26 Å². The van der Waals surface area contributed by atoms with Crippen LogP contribution in [0.2, 0.25) is 0 Å². The zero-order valence-electron chi connectivity index (χ0n) is 15.1. The molecular weight excluding hydrogens is 318 g/mol. The van der Waals surface area contributed by atoms with Gasteiger partial charge in [0.05, 0.1) is 25.5 Å². The third-order valence-electron chi connectivity index (χ3n) is 3.98. The van der Waals surface area contributed by atoms with Gasteiger partial charge in [-0.05, 0) is 50.9 Å². The molecule has 0 aliphatic rings. The summed E-state index contributed by atoms with van der Waals surface area (Å²) in [5.41, 5.74) is 3.25. The van der Waals surface area contributed by atoms with Gasteiger partial charge in [0.15, 0.2) is 11.5 Å². The fourth-order valence-corrected chi connectivity index (χ4v) is 2.58. The first kappa shape index (κ1) is 18.8. The molecule has 25 heavy (non-hydrogen) atoms. The van der Waals surface area contributed by atoms with Crippen molar-refractivity contribution in [2.45, 2.75) is 39.7 Å². The predicted octanol–water partition coefficient (Wildman–Crippen LogP) is 3.31. The lowest BCUT2D eigenvalue weighted by molar-refractivity contribution is 0.290. The minimum absolute atomic E-state index is 0.491. The summed E-state index contributed by atoms with van der Waals surface area (Å²) in [5.74, 6) is 2.30. The minimum atomic E-state index is 0.491. The molecule has 0 radical (unpaired) electrons. The summed E-state index contributed by atoms with van der Waals surface area (Å²) in [6, 6.07) is 8.02. The monoisotopic (exact) mass is 343 g/mol. The molecule has 134 valence electrons. The Balaban J connectivity index is 1.85. The van der Waals surface area contributed by atoms with Crippen LogP contribution in [0.4, 0.5) is 0 Å². The molecule has 2 rings (SSSR count). The summed E-state index contributed by atoms with van der Waals surface area (Å²) in [5, 5.41) is 16.0. The van der Waals surface area contributed by atoms with Gasteiger partial charge in [-0.1, -0.05) is 11.2 Å². The Morgan fingerprint density at radius 2 is 2.12 bits per heavy atom. The summed E-state index contributed by atoms with van der Waals surface area (Å²) in [6.07, 6.45) is 2.08. The number of benzene rings is 1. The molecule has 1 heterocycles. The van der Waals surface area contributed by atoms with Crippen LogP contribution in [-0.2, 0) is 13.0 Å². The Morgan fingerprint density at radius 3 is 2.80 bits per heavy atom. The smallest absolute Gasteiger partial charge is 0.161 e. The highest BCUT2D eigenvalue weighted by atomic mass is 16.5. The van der Waals surface area contributed by atoms with Crippen molar-refractivity contribution in [3.8, 4) is 17.6 Å². The number of aryl methyl sites for hydroxylation is 2. The Morgan fingerprint density at radius 1 is 1.28 bits per heavy atom. The summed E-state index contributed by atoms with van der Waals surface area (Å²) < 4.78 is 16.3. The van der Waals surface area contributed by atoms with E-state index in [1.807, 2.05) is 32.0 Å². The molecular formula is C19H25N3O3. The van der Waals surface area contributed by atoms with Crippen molar-refractivity contribution in [3.05, 3.63) is 40.8 Å². The normalized spacial score (nSPS) is 10.5. The molecule has 0 amide bonds. The topological polar surface area (TPSA) is 80.3 Å². The predicted molar refractivity (Wildman–Crippen MR) is 94.7 cm³/mol. The largest absolute Gasteiger partial charge is 0.493 e. The van der Waals surface area contributed by atoms with Crippen LogP contribution in [0.1, 0.15) is 35.4 Å². The number of hydrogen-bond acceptors (Lipinski definition) is 6. The molecule has 0 saturated heterocycles. The molecule has 0 fully saturated rings. The Bertz CT molecular complexity index is 700. The maximum atomic E-state index is 8.58. The molecule has 0 bridgehead atoms. The van der Waals surface area contributed by atoms with E-state index >= 15 is 0 Å². The standard InChI is InChI=1S/C19H25N3O3/c1-14-17(15(2)25-22-14)8-10-21-13-16-6-7-18(23-3)19(12-16)24-11-5-4-9-20/h6-7,12,21H,4-5,8,10-11,13H2,1-3H3. The Kier molecular flexibility index (Phi) is 7.30. The summed E-state index contributed by atoms with van der Waals surface area (Å²) >= 11 is 0. The molecule has 0 aliphatic carbocycles. The number of rotatable bonds is 10.